The van der Waals surface area contributed by atoms with Gasteiger partial charge in [-0.05, 0) is 60.5 Å². The van der Waals surface area contributed by atoms with Crippen LogP contribution in [0.3, 0.4) is 0 Å². The lowest BCUT2D eigenvalue weighted by Gasteiger charge is -2.27. The highest BCUT2D eigenvalue weighted by atomic mass is 32.2. The Morgan fingerprint density at radius 2 is 1.61 bits per heavy atom. The second-order valence-electron chi connectivity index (χ2n) is 8.42. The SMILES string of the molecule is C[C@@H](c1ccccc1)C(CNCc1ccc(F)cc1F)CC(O)CNSc1ccccc1.C[N+](=O)[O-]. The van der Waals surface area contributed by atoms with Gasteiger partial charge < -0.3 is 10.4 Å². The molecule has 6 nitrogen and oxygen atoms in total. The molecule has 0 fully saturated rings. The molecular formula is C27H33F2N3O3S. The molecule has 0 aliphatic carbocycles. The van der Waals surface area contributed by atoms with E-state index in [0.29, 0.717) is 31.6 Å². The van der Waals surface area contributed by atoms with Crippen molar-refractivity contribution in [2.24, 2.45) is 5.92 Å². The molecule has 0 saturated heterocycles. The molecule has 3 rings (SSSR count). The van der Waals surface area contributed by atoms with Gasteiger partial charge in [0.2, 0.25) is 0 Å². The minimum absolute atomic E-state index is 0.138. The van der Waals surface area contributed by atoms with Crippen molar-refractivity contribution in [3.05, 3.63) is 112 Å². The largest absolute Gasteiger partial charge is 0.392 e. The molecule has 3 aromatic rings. The molecule has 0 amide bonds. The number of benzene rings is 3. The van der Waals surface area contributed by atoms with Gasteiger partial charge in [-0.2, -0.15) is 0 Å². The Labute approximate surface area is 215 Å². The van der Waals surface area contributed by atoms with Crippen LogP contribution in [-0.2, 0) is 6.54 Å². The minimum Gasteiger partial charge on any atom is -0.392 e. The van der Waals surface area contributed by atoms with Crippen LogP contribution in [0.1, 0.15) is 30.4 Å². The van der Waals surface area contributed by atoms with Gasteiger partial charge in [-0.3, -0.25) is 14.8 Å². The second kappa shape index (κ2) is 16.0. The zero-order valence-corrected chi connectivity index (χ0v) is 21.3. The predicted octanol–water partition coefficient (Wildman–Crippen LogP) is 5.42. The van der Waals surface area contributed by atoms with Crippen molar-refractivity contribution < 1.29 is 18.8 Å². The molecule has 0 aliphatic heterocycles. The minimum atomic E-state index is -0.578. The maximum Gasteiger partial charge on any atom is 0.194 e. The third kappa shape index (κ3) is 11.3. The van der Waals surface area contributed by atoms with Gasteiger partial charge in [0.05, 0.1) is 6.10 Å². The molecule has 0 radical (unpaired) electrons. The maximum atomic E-state index is 14.0. The van der Waals surface area contributed by atoms with E-state index in [2.05, 4.69) is 29.1 Å². The molecule has 36 heavy (non-hydrogen) atoms. The Kier molecular flexibility index (Phi) is 13.1. The molecule has 0 aromatic heterocycles. The molecule has 9 heteroatoms. The number of aliphatic hydroxyl groups is 1. The molecule has 194 valence electrons. The molecule has 0 aliphatic rings. The van der Waals surface area contributed by atoms with Crippen LogP contribution < -0.4 is 10.0 Å². The Morgan fingerprint density at radius 1 is 1.00 bits per heavy atom. The highest BCUT2D eigenvalue weighted by Crippen LogP contribution is 2.28. The van der Waals surface area contributed by atoms with Crippen LogP contribution in [0, 0.1) is 27.7 Å². The van der Waals surface area contributed by atoms with Crippen molar-refractivity contribution in [2.75, 3.05) is 20.1 Å². The number of aliphatic hydroxyl groups excluding tert-OH is 1. The Balaban J connectivity index is 0.00000106. The van der Waals surface area contributed by atoms with Gasteiger partial charge >= 0.3 is 0 Å². The zero-order chi connectivity index (χ0) is 26.3. The first-order chi connectivity index (χ1) is 17.3. The highest BCUT2D eigenvalue weighted by Gasteiger charge is 2.22. The summed E-state index contributed by atoms with van der Waals surface area (Å²) in [5.41, 5.74) is 1.63. The van der Waals surface area contributed by atoms with Crippen LogP contribution >= 0.6 is 11.9 Å². The highest BCUT2D eigenvalue weighted by molar-refractivity contribution is 7.97. The summed E-state index contributed by atoms with van der Waals surface area (Å²) in [5.74, 6) is -0.782. The fourth-order valence-corrected chi connectivity index (χ4v) is 4.43. The van der Waals surface area contributed by atoms with Crippen LogP contribution in [0.2, 0.25) is 0 Å². The summed E-state index contributed by atoms with van der Waals surface area (Å²) in [6, 6.07) is 23.8. The second-order valence-corrected chi connectivity index (χ2v) is 9.38. The predicted molar refractivity (Wildman–Crippen MR) is 140 cm³/mol. The van der Waals surface area contributed by atoms with Gasteiger partial charge in [0.15, 0.2) is 7.05 Å². The molecule has 0 spiro atoms. The summed E-state index contributed by atoms with van der Waals surface area (Å²) in [6.45, 7) is 3.53. The topological polar surface area (TPSA) is 87.4 Å². The number of nitrogens with zero attached hydrogens (tertiary/aromatic N) is 1. The van der Waals surface area contributed by atoms with Crippen LogP contribution in [0.4, 0.5) is 8.78 Å². The zero-order valence-electron chi connectivity index (χ0n) is 20.4. The van der Waals surface area contributed by atoms with Crippen molar-refractivity contribution >= 4 is 11.9 Å². The Bertz CT molecular complexity index is 1040. The van der Waals surface area contributed by atoms with Gasteiger partial charge in [-0.15, -0.1) is 0 Å². The van der Waals surface area contributed by atoms with E-state index < -0.39 is 22.7 Å². The van der Waals surface area contributed by atoms with E-state index in [0.717, 1.165) is 18.0 Å². The van der Waals surface area contributed by atoms with E-state index in [9.17, 15) is 13.9 Å². The van der Waals surface area contributed by atoms with Gasteiger partial charge in [-0.25, -0.2) is 8.78 Å². The van der Waals surface area contributed by atoms with Crippen molar-refractivity contribution in [1.29, 1.82) is 0 Å². The van der Waals surface area contributed by atoms with Crippen molar-refractivity contribution in [1.82, 2.24) is 10.0 Å². The summed E-state index contributed by atoms with van der Waals surface area (Å²) in [7, 11) is 0.889. The van der Waals surface area contributed by atoms with Crippen LogP contribution in [-0.4, -0.2) is 36.3 Å². The Morgan fingerprint density at radius 3 is 2.22 bits per heavy atom. The van der Waals surface area contributed by atoms with Crippen LogP contribution in [0.25, 0.3) is 0 Å². The quantitative estimate of drug-likeness (QED) is 0.169. The molecular weight excluding hydrogens is 484 g/mol. The average Bonchev–Trinajstić information content (AvgIpc) is 2.85. The van der Waals surface area contributed by atoms with Crippen LogP contribution in [0.5, 0.6) is 0 Å². The number of nitro groups is 1. The number of rotatable bonds is 12. The molecule has 0 bridgehead atoms. The summed E-state index contributed by atoms with van der Waals surface area (Å²) in [4.78, 5) is 9.40. The van der Waals surface area contributed by atoms with E-state index in [1.165, 1.54) is 29.6 Å². The summed E-state index contributed by atoms with van der Waals surface area (Å²) in [6.07, 6.45) is 0.0730. The lowest BCUT2D eigenvalue weighted by Crippen LogP contribution is -2.32. The first-order valence-electron chi connectivity index (χ1n) is 11.7. The van der Waals surface area contributed by atoms with Crippen molar-refractivity contribution in [2.45, 2.75) is 36.8 Å². The van der Waals surface area contributed by atoms with Gasteiger partial charge in [0.1, 0.15) is 11.6 Å². The van der Waals surface area contributed by atoms with Gasteiger partial charge in [0, 0.05) is 34.5 Å². The molecule has 2 unspecified atom stereocenters. The molecule has 3 atom stereocenters. The van der Waals surface area contributed by atoms with E-state index >= 15 is 0 Å². The molecule has 3 N–H and O–H groups in total. The fourth-order valence-electron chi connectivity index (χ4n) is 3.69. The van der Waals surface area contributed by atoms with E-state index in [1.54, 1.807) is 0 Å². The molecule has 0 heterocycles. The van der Waals surface area contributed by atoms with Crippen molar-refractivity contribution in [3.8, 4) is 0 Å². The van der Waals surface area contributed by atoms with Gasteiger partial charge in [0.25, 0.3) is 0 Å². The molecule has 0 saturated carbocycles. The number of hydrogen-bond donors (Lipinski definition) is 3. The summed E-state index contributed by atoms with van der Waals surface area (Å²) >= 11 is 1.50. The van der Waals surface area contributed by atoms with E-state index in [1.807, 2.05) is 48.5 Å². The standard InChI is InChI=1S/C26H30F2N2OS.CH3NO2/c1-19(20-8-4-2-5-9-20)22(17-29-16-21-12-13-23(27)15-26(21)28)14-24(31)18-30-32-25-10-6-3-7-11-25;1-2(3)4/h2-13,15,19,22,24,29-31H,14,16-18H2,1H3;1H3/t19-,22?,24?;/m0./s1. The average molecular weight is 518 g/mol. The van der Waals surface area contributed by atoms with Crippen molar-refractivity contribution in [3.63, 3.8) is 0 Å². The number of nitrogens with one attached hydrogen (secondary N) is 2. The van der Waals surface area contributed by atoms with Crippen LogP contribution in [0.15, 0.2) is 83.8 Å². The van der Waals surface area contributed by atoms with E-state index in [-0.39, 0.29) is 11.8 Å². The number of halogens is 2. The summed E-state index contributed by atoms with van der Waals surface area (Å²) < 4.78 is 30.3. The Hall–Kier alpha value is -2.85. The smallest absolute Gasteiger partial charge is 0.194 e. The fraction of sp³-hybridized carbons (Fsp3) is 0.333. The molecule has 3 aromatic carbocycles. The van der Waals surface area contributed by atoms with E-state index in [4.69, 9.17) is 10.1 Å². The maximum absolute atomic E-state index is 14.0. The normalized spacial score (nSPS) is 13.2. The van der Waals surface area contributed by atoms with Gasteiger partial charge in [-0.1, -0.05) is 61.5 Å². The first kappa shape index (κ1) is 29.4. The lowest BCUT2D eigenvalue weighted by atomic mass is 9.83. The first-order valence-corrected chi connectivity index (χ1v) is 12.5. The third-order valence-corrected chi connectivity index (χ3v) is 6.42. The summed E-state index contributed by atoms with van der Waals surface area (Å²) in [5, 5.41) is 22.8. The third-order valence-electron chi connectivity index (χ3n) is 5.60. The monoisotopic (exact) mass is 517 g/mol. The lowest BCUT2D eigenvalue weighted by molar-refractivity contribution is -0.445. The number of hydrogen-bond acceptors (Lipinski definition) is 6.